The Morgan fingerprint density at radius 1 is 1.54 bits per heavy atom. The van der Waals surface area contributed by atoms with E-state index in [4.69, 9.17) is 0 Å². The SMILES string of the molecule is CNC(=O)NC1CC(C)NC(=O)N1. The molecule has 4 N–H and O–H groups in total. The van der Waals surface area contributed by atoms with Gasteiger partial charge in [-0.1, -0.05) is 0 Å². The molecule has 6 heteroatoms. The summed E-state index contributed by atoms with van der Waals surface area (Å²) < 4.78 is 0. The van der Waals surface area contributed by atoms with E-state index in [2.05, 4.69) is 21.3 Å². The van der Waals surface area contributed by atoms with Crippen LogP contribution >= 0.6 is 0 Å². The Labute approximate surface area is 76.4 Å². The first-order chi connectivity index (χ1) is 6.11. The van der Waals surface area contributed by atoms with Gasteiger partial charge in [0.15, 0.2) is 0 Å². The molecular formula is C7H14N4O2. The molecule has 4 amide bonds. The molecule has 1 heterocycles. The summed E-state index contributed by atoms with van der Waals surface area (Å²) in [6.45, 7) is 1.89. The van der Waals surface area contributed by atoms with Crippen LogP contribution in [0.15, 0.2) is 0 Å². The van der Waals surface area contributed by atoms with Crippen molar-refractivity contribution in [3.05, 3.63) is 0 Å². The maximum Gasteiger partial charge on any atom is 0.316 e. The van der Waals surface area contributed by atoms with Crippen LogP contribution in [0.5, 0.6) is 0 Å². The number of amides is 4. The van der Waals surface area contributed by atoms with Gasteiger partial charge in [-0.25, -0.2) is 9.59 Å². The Morgan fingerprint density at radius 2 is 2.23 bits per heavy atom. The predicted octanol–water partition coefficient (Wildman–Crippen LogP) is -0.667. The Bertz CT molecular complexity index is 219. The van der Waals surface area contributed by atoms with Gasteiger partial charge in [0.25, 0.3) is 0 Å². The number of urea groups is 2. The molecule has 1 rings (SSSR count). The minimum absolute atomic E-state index is 0.0795. The molecule has 0 spiro atoms. The molecule has 2 unspecified atom stereocenters. The highest BCUT2D eigenvalue weighted by atomic mass is 16.2. The molecule has 0 aliphatic carbocycles. The zero-order valence-corrected chi connectivity index (χ0v) is 7.68. The van der Waals surface area contributed by atoms with Gasteiger partial charge >= 0.3 is 12.1 Å². The minimum atomic E-state index is -0.292. The fourth-order valence-electron chi connectivity index (χ4n) is 1.22. The molecule has 13 heavy (non-hydrogen) atoms. The summed E-state index contributed by atoms with van der Waals surface area (Å²) in [5, 5.41) is 10.3. The molecule has 1 aliphatic heterocycles. The van der Waals surface area contributed by atoms with Crippen LogP contribution in [0.25, 0.3) is 0 Å². The molecule has 2 atom stereocenters. The van der Waals surface area contributed by atoms with Gasteiger partial charge in [0.2, 0.25) is 0 Å². The van der Waals surface area contributed by atoms with Crippen molar-refractivity contribution in [2.45, 2.75) is 25.6 Å². The summed E-state index contributed by atoms with van der Waals surface area (Å²) in [5.41, 5.74) is 0. The van der Waals surface area contributed by atoms with Gasteiger partial charge in [-0.05, 0) is 6.92 Å². The highest BCUT2D eigenvalue weighted by molar-refractivity contribution is 5.78. The van der Waals surface area contributed by atoms with Gasteiger partial charge < -0.3 is 21.3 Å². The highest BCUT2D eigenvalue weighted by Crippen LogP contribution is 2.00. The van der Waals surface area contributed by atoms with E-state index in [0.29, 0.717) is 6.42 Å². The first-order valence-corrected chi connectivity index (χ1v) is 4.17. The van der Waals surface area contributed by atoms with Crippen LogP contribution in [0.4, 0.5) is 9.59 Å². The third-order valence-electron chi connectivity index (χ3n) is 1.80. The van der Waals surface area contributed by atoms with Crippen LogP contribution < -0.4 is 21.3 Å². The van der Waals surface area contributed by atoms with Crippen molar-refractivity contribution in [3.8, 4) is 0 Å². The van der Waals surface area contributed by atoms with Crippen LogP contribution in [0.3, 0.4) is 0 Å². The van der Waals surface area contributed by atoms with Crippen molar-refractivity contribution in [1.82, 2.24) is 21.3 Å². The molecule has 1 fully saturated rings. The first kappa shape index (κ1) is 9.63. The molecule has 0 bridgehead atoms. The second-order valence-electron chi connectivity index (χ2n) is 3.03. The fraction of sp³-hybridized carbons (Fsp3) is 0.714. The van der Waals surface area contributed by atoms with Crippen LogP contribution in [0.2, 0.25) is 0 Å². The third-order valence-corrected chi connectivity index (χ3v) is 1.80. The Kier molecular flexibility index (Phi) is 2.94. The second kappa shape index (κ2) is 3.97. The van der Waals surface area contributed by atoms with Crippen LogP contribution in [0, 0.1) is 0 Å². The van der Waals surface area contributed by atoms with Crippen LogP contribution in [-0.4, -0.2) is 31.3 Å². The highest BCUT2D eigenvalue weighted by Gasteiger charge is 2.23. The predicted molar refractivity (Wildman–Crippen MR) is 47.1 cm³/mol. The molecule has 0 saturated carbocycles. The van der Waals surface area contributed by atoms with E-state index in [-0.39, 0.29) is 24.3 Å². The van der Waals surface area contributed by atoms with Gasteiger partial charge in [-0.3, -0.25) is 0 Å². The lowest BCUT2D eigenvalue weighted by atomic mass is 10.1. The Hall–Kier alpha value is -1.46. The number of carbonyl (C=O) groups is 2. The number of nitrogens with one attached hydrogen (secondary N) is 4. The van der Waals surface area contributed by atoms with Gasteiger partial charge in [0.1, 0.15) is 6.17 Å². The van der Waals surface area contributed by atoms with E-state index in [1.807, 2.05) is 6.92 Å². The lowest BCUT2D eigenvalue weighted by Gasteiger charge is -2.29. The standard InChI is InChI=1S/C7H14N4O2/c1-4-3-5(10-6(12)8-2)11-7(13)9-4/h4-5H,3H2,1-2H3,(H2,8,10,12)(H2,9,11,13). The monoisotopic (exact) mass is 186 g/mol. The molecule has 1 saturated heterocycles. The number of carbonyl (C=O) groups excluding carboxylic acids is 2. The van der Waals surface area contributed by atoms with E-state index >= 15 is 0 Å². The zero-order chi connectivity index (χ0) is 9.84. The van der Waals surface area contributed by atoms with Crippen molar-refractivity contribution in [3.63, 3.8) is 0 Å². The molecule has 6 nitrogen and oxygen atoms in total. The molecule has 0 radical (unpaired) electrons. The average Bonchev–Trinajstić information content (AvgIpc) is 2.02. The van der Waals surface area contributed by atoms with E-state index < -0.39 is 0 Å². The third kappa shape index (κ3) is 2.81. The van der Waals surface area contributed by atoms with Gasteiger partial charge in [-0.2, -0.15) is 0 Å². The van der Waals surface area contributed by atoms with Crippen molar-refractivity contribution >= 4 is 12.1 Å². The lowest BCUT2D eigenvalue weighted by Crippen LogP contribution is -2.60. The average molecular weight is 186 g/mol. The van der Waals surface area contributed by atoms with Crippen LogP contribution in [0.1, 0.15) is 13.3 Å². The summed E-state index contributed by atoms with van der Waals surface area (Å²) in [5.74, 6) is 0. The molecular weight excluding hydrogens is 172 g/mol. The van der Waals surface area contributed by atoms with Gasteiger partial charge in [0, 0.05) is 19.5 Å². The lowest BCUT2D eigenvalue weighted by molar-refractivity contribution is 0.209. The summed E-state index contributed by atoms with van der Waals surface area (Å²) in [6.07, 6.45) is 0.391. The largest absolute Gasteiger partial charge is 0.341 e. The van der Waals surface area contributed by atoms with Crippen molar-refractivity contribution < 1.29 is 9.59 Å². The number of rotatable bonds is 1. The summed E-state index contributed by atoms with van der Waals surface area (Å²) in [6, 6.07) is -0.463. The normalized spacial score (nSPS) is 27.1. The molecule has 1 aliphatic rings. The van der Waals surface area contributed by atoms with Gasteiger partial charge in [-0.15, -0.1) is 0 Å². The molecule has 74 valence electrons. The Morgan fingerprint density at radius 3 is 2.77 bits per heavy atom. The summed E-state index contributed by atoms with van der Waals surface area (Å²) >= 11 is 0. The van der Waals surface area contributed by atoms with Crippen molar-refractivity contribution in [1.29, 1.82) is 0 Å². The molecule has 0 aromatic carbocycles. The fourth-order valence-corrected chi connectivity index (χ4v) is 1.22. The smallest absolute Gasteiger partial charge is 0.316 e. The van der Waals surface area contributed by atoms with E-state index in [0.717, 1.165) is 0 Å². The molecule has 0 aromatic heterocycles. The first-order valence-electron chi connectivity index (χ1n) is 4.17. The maximum atomic E-state index is 11.0. The van der Waals surface area contributed by atoms with E-state index in [9.17, 15) is 9.59 Å². The summed E-state index contributed by atoms with van der Waals surface area (Å²) in [7, 11) is 1.53. The van der Waals surface area contributed by atoms with E-state index in [1.165, 1.54) is 7.05 Å². The van der Waals surface area contributed by atoms with Crippen molar-refractivity contribution in [2.24, 2.45) is 0 Å². The van der Waals surface area contributed by atoms with Gasteiger partial charge in [0.05, 0.1) is 0 Å². The number of hydrogen-bond acceptors (Lipinski definition) is 2. The van der Waals surface area contributed by atoms with E-state index in [1.54, 1.807) is 0 Å². The quantitative estimate of drug-likeness (QED) is 0.438. The summed E-state index contributed by atoms with van der Waals surface area (Å²) in [4.78, 5) is 21.9. The second-order valence-corrected chi connectivity index (χ2v) is 3.03. The molecule has 0 aromatic rings. The minimum Gasteiger partial charge on any atom is -0.341 e. The number of hydrogen-bond donors (Lipinski definition) is 4. The zero-order valence-electron chi connectivity index (χ0n) is 7.68. The maximum absolute atomic E-state index is 11.0. The van der Waals surface area contributed by atoms with Crippen LogP contribution in [-0.2, 0) is 0 Å². The topological polar surface area (TPSA) is 82.3 Å². The Balaban J connectivity index is 2.41. The van der Waals surface area contributed by atoms with Crippen molar-refractivity contribution in [2.75, 3.05) is 7.05 Å².